The van der Waals surface area contributed by atoms with Crippen LogP contribution in [0.1, 0.15) is 18.1 Å². The number of fused-ring (bicyclic) bond motifs is 1. The van der Waals surface area contributed by atoms with Gasteiger partial charge < -0.3 is 19.7 Å². The first-order valence-corrected chi connectivity index (χ1v) is 12.6. The van der Waals surface area contributed by atoms with E-state index >= 15 is 0 Å². The number of pyridine rings is 1. The number of halogens is 3. The number of piperazine rings is 1. The van der Waals surface area contributed by atoms with Gasteiger partial charge in [-0.25, -0.2) is 22.9 Å². The number of rotatable bonds is 7. The largest absolute Gasteiger partial charge is 0.474 e. The van der Waals surface area contributed by atoms with E-state index in [0.717, 1.165) is 16.0 Å². The number of hydrogen-bond acceptors (Lipinski definition) is 7. The van der Waals surface area contributed by atoms with E-state index in [0.29, 0.717) is 44.2 Å². The molecule has 9 nitrogen and oxygen atoms in total. The lowest BCUT2D eigenvalue weighted by Crippen LogP contribution is -2.61. The molecule has 204 valence electrons. The van der Waals surface area contributed by atoms with Gasteiger partial charge in [-0.1, -0.05) is 12.1 Å². The van der Waals surface area contributed by atoms with Crippen LogP contribution in [0.5, 0.6) is 5.88 Å². The number of amides is 2. The molecular weight excluding hydrogens is 503 g/mol. The molecule has 3 atom stereocenters. The Morgan fingerprint density at radius 1 is 1.21 bits per heavy atom. The topological polar surface area (TPSA) is 87.2 Å². The lowest BCUT2D eigenvalue weighted by molar-refractivity contribution is -0.121. The van der Waals surface area contributed by atoms with E-state index in [2.05, 4.69) is 10.3 Å². The number of ether oxygens (including phenoxy) is 2. The van der Waals surface area contributed by atoms with Gasteiger partial charge in [-0.3, -0.25) is 14.6 Å². The molecule has 2 fully saturated rings. The molecular formula is C26H30F3N5O4. The molecule has 0 aliphatic carbocycles. The molecule has 0 radical (unpaired) electrons. The molecule has 1 aromatic heterocycles. The molecule has 1 N–H and O–H groups in total. The summed E-state index contributed by atoms with van der Waals surface area (Å²) < 4.78 is 50.7. The zero-order chi connectivity index (χ0) is 26.8. The number of hydrogen-bond donors (Lipinski definition) is 1. The van der Waals surface area contributed by atoms with Crippen molar-refractivity contribution >= 4 is 17.7 Å². The summed E-state index contributed by atoms with van der Waals surface area (Å²) in [5, 5.41) is 3.31. The molecule has 5 rings (SSSR count). The molecule has 12 heteroatoms. The number of nitrogens with zero attached hydrogens (tertiary/aromatic N) is 4. The number of carbonyl (C=O) groups excluding carboxylic acids is 2. The average Bonchev–Trinajstić information content (AvgIpc) is 3.26. The summed E-state index contributed by atoms with van der Waals surface area (Å²) in [4.78, 5) is 34.7. The van der Waals surface area contributed by atoms with Crippen LogP contribution in [-0.2, 0) is 16.0 Å². The normalized spacial score (nSPS) is 23.8. The number of aromatic nitrogens is 1. The Balaban J connectivity index is 1.31. The fourth-order valence-electron chi connectivity index (χ4n) is 5.11. The molecule has 3 aliphatic rings. The quantitative estimate of drug-likeness (QED) is 0.585. The lowest BCUT2D eigenvalue weighted by atomic mass is 10.1. The van der Waals surface area contributed by atoms with Crippen molar-refractivity contribution in [2.45, 2.75) is 37.9 Å². The maximum Gasteiger partial charge on any atom is 0.410 e. The van der Waals surface area contributed by atoms with Gasteiger partial charge in [-0.2, -0.15) is 0 Å². The Morgan fingerprint density at radius 3 is 2.76 bits per heavy atom. The summed E-state index contributed by atoms with van der Waals surface area (Å²) in [7, 11) is 0. The van der Waals surface area contributed by atoms with Gasteiger partial charge >= 0.3 is 6.09 Å². The second kappa shape index (κ2) is 11.2. The molecule has 2 aromatic rings. The molecule has 0 spiro atoms. The predicted molar refractivity (Wildman–Crippen MR) is 132 cm³/mol. The van der Waals surface area contributed by atoms with Crippen LogP contribution in [0.2, 0.25) is 0 Å². The maximum absolute atomic E-state index is 13.6. The summed E-state index contributed by atoms with van der Waals surface area (Å²) in [5.41, 5.74) is 2.31. The lowest BCUT2D eigenvalue weighted by Gasteiger charge is -2.41. The van der Waals surface area contributed by atoms with Gasteiger partial charge in [0.1, 0.15) is 30.8 Å². The van der Waals surface area contributed by atoms with Crippen LogP contribution in [0.3, 0.4) is 0 Å². The van der Waals surface area contributed by atoms with Gasteiger partial charge in [-0.15, -0.1) is 0 Å². The predicted octanol–water partition coefficient (Wildman–Crippen LogP) is 2.29. The molecule has 2 saturated heterocycles. The summed E-state index contributed by atoms with van der Waals surface area (Å²) in [6.45, 7) is 3.30. The van der Waals surface area contributed by atoms with Crippen molar-refractivity contribution in [2.24, 2.45) is 0 Å². The minimum absolute atomic E-state index is 0.0317. The van der Waals surface area contributed by atoms with Gasteiger partial charge in [0.25, 0.3) is 6.43 Å². The van der Waals surface area contributed by atoms with E-state index in [1.54, 1.807) is 23.2 Å². The highest BCUT2D eigenvalue weighted by Crippen LogP contribution is 2.31. The zero-order valence-electron chi connectivity index (χ0n) is 21.0. The number of carbonyl (C=O) groups is 2. The van der Waals surface area contributed by atoms with Crippen LogP contribution < -0.4 is 15.0 Å². The van der Waals surface area contributed by atoms with Crippen LogP contribution in [-0.4, -0.2) is 97.3 Å². The number of benzene rings is 1. The van der Waals surface area contributed by atoms with Crippen molar-refractivity contribution < 1.29 is 32.2 Å². The monoisotopic (exact) mass is 533 g/mol. The zero-order valence-corrected chi connectivity index (χ0v) is 21.0. The van der Waals surface area contributed by atoms with E-state index in [9.17, 15) is 22.8 Å². The summed E-state index contributed by atoms with van der Waals surface area (Å²) in [6, 6.07) is 6.50. The third kappa shape index (κ3) is 5.70. The average molecular weight is 534 g/mol. The second-order valence-electron chi connectivity index (χ2n) is 9.89. The van der Waals surface area contributed by atoms with Gasteiger partial charge in [0, 0.05) is 37.9 Å². The SMILES string of the molecule is C[C@@H]1CN(CC(=O)N2CCOc3ncc(Cc4ccc(F)cc4)cc32)[C@@H](CN2C(=O)OC[C@H]2C(F)F)CN1. The van der Waals surface area contributed by atoms with Crippen molar-refractivity contribution in [1.82, 2.24) is 20.1 Å². The number of cyclic esters (lactones) is 1. The highest BCUT2D eigenvalue weighted by Gasteiger charge is 2.42. The Labute approximate surface area is 218 Å². The minimum atomic E-state index is -2.71. The first-order valence-electron chi connectivity index (χ1n) is 12.6. The van der Waals surface area contributed by atoms with Gasteiger partial charge in [0.05, 0.1) is 13.1 Å². The summed E-state index contributed by atoms with van der Waals surface area (Å²) in [6.07, 6.45) is -1.29. The minimum Gasteiger partial charge on any atom is -0.474 e. The van der Waals surface area contributed by atoms with E-state index in [1.165, 1.54) is 12.1 Å². The van der Waals surface area contributed by atoms with Crippen molar-refractivity contribution in [3.8, 4) is 5.88 Å². The fourth-order valence-corrected chi connectivity index (χ4v) is 5.11. The molecule has 38 heavy (non-hydrogen) atoms. The van der Waals surface area contributed by atoms with E-state index < -0.39 is 18.6 Å². The third-order valence-electron chi connectivity index (χ3n) is 7.13. The van der Waals surface area contributed by atoms with E-state index in [1.807, 2.05) is 17.9 Å². The highest BCUT2D eigenvalue weighted by atomic mass is 19.3. The smallest absolute Gasteiger partial charge is 0.410 e. The van der Waals surface area contributed by atoms with Crippen LogP contribution in [0.15, 0.2) is 36.5 Å². The molecule has 1 aromatic carbocycles. The number of nitrogens with one attached hydrogen (secondary N) is 1. The summed E-state index contributed by atoms with van der Waals surface area (Å²) >= 11 is 0. The molecule has 0 unspecified atom stereocenters. The summed E-state index contributed by atoms with van der Waals surface area (Å²) in [5.74, 6) is -0.129. The highest BCUT2D eigenvalue weighted by molar-refractivity contribution is 5.96. The van der Waals surface area contributed by atoms with Gasteiger partial charge in [-0.05, 0) is 42.7 Å². The second-order valence-corrected chi connectivity index (χ2v) is 9.89. The standard InChI is InChI=1S/C26H30F3N5O4/c1-16-12-32(20(11-30-16)13-34-22(24(28)29)15-38-26(34)36)14-23(35)33-6-7-37-25-21(33)9-18(10-31-25)8-17-2-4-19(27)5-3-17/h2-5,9-10,16,20,22,24,30H,6-8,11-15H2,1H3/t16-,20-,22+/m1/s1. The van der Waals surface area contributed by atoms with Crippen LogP contribution >= 0.6 is 0 Å². The first kappa shape index (κ1) is 26.2. The Hall–Kier alpha value is -3.38. The van der Waals surface area contributed by atoms with Gasteiger partial charge in [0.15, 0.2) is 0 Å². The van der Waals surface area contributed by atoms with Gasteiger partial charge in [0.2, 0.25) is 11.8 Å². The Kier molecular flexibility index (Phi) is 7.70. The number of alkyl halides is 2. The van der Waals surface area contributed by atoms with Crippen LogP contribution in [0, 0.1) is 5.82 Å². The van der Waals surface area contributed by atoms with Crippen LogP contribution in [0.25, 0.3) is 0 Å². The third-order valence-corrected chi connectivity index (χ3v) is 7.13. The molecule has 4 heterocycles. The van der Waals surface area contributed by atoms with Crippen LogP contribution in [0.4, 0.5) is 23.7 Å². The van der Waals surface area contributed by atoms with Crippen molar-refractivity contribution in [3.05, 3.63) is 53.5 Å². The molecule has 3 aliphatic heterocycles. The maximum atomic E-state index is 13.6. The Morgan fingerprint density at radius 2 is 2.00 bits per heavy atom. The molecule has 2 amide bonds. The van der Waals surface area contributed by atoms with Crippen molar-refractivity contribution in [1.29, 1.82) is 0 Å². The van der Waals surface area contributed by atoms with Crippen molar-refractivity contribution in [2.75, 3.05) is 50.8 Å². The Bertz CT molecular complexity index is 1170. The first-order chi connectivity index (χ1) is 18.3. The van der Waals surface area contributed by atoms with E-state index in [-0.39, 0.29) is 43.5 Å². The fraction of sp³-hybridized carbons (Fsp3) is 0.500. The van der Waals surface area contributed by atoms with E-state index in [4.69, 9.17) is 9.47 Å². The number of anilines is 1. The molecule has 0 bridgehead atoms. The van der Waals surface area contributed by atoms with Crippen molar-refractivity contribution in [3.63, 3.8) is 0 Å². The molecule has 0 saturated carbocycles.